The van der Waals surface area contributed by atoms with E-state index < -0.39 is 0 Å². The van der Waals surface area contributed by atoms with Crippen LogP contribution in [0.25, 0.3) is 0 Å². The van der Waals surface area contributed by atoms with Gasteiger partial charge in [0.15, 0.2) is 3.92 Å². The highest BCUT2D eigenvalue weighted by atomic mass is 79.9. The summed E-state index contributed by atoms with van der Waals surface area (Å²) in [4.78, 5) is 0. The molecule has 0 saturated heterocycles. The molecule has 2 aromatic rings. The number of nitrogens with zero attached hydrogens (tertiary/aromatic N) is 2. The largest absolute Gasteiger partial charge is 0.356 e. The molecule has 0 spiro atoms. The molecule has 0 saturated carbocycles. The summed E-state index contributed by atoms with van der Waals surface area (Å²) < 4.78 is 0.799. The summed E-state index contributed by atoms with van der Waals surface area (Å²) in [5.41, 5.74) is 1.24. The van der Waals surface area contributed by atoms with Crippen LogP contribution in [0, 0.1) is 0 Å². The highest BCUT2D eigenvalue weighted by Crippen LogP contribution is 2.20. The SMILES string of the molecule is Brc1nnc(NCc2ccccc2)s1. The fraction of sp³-hybridized carbons (Fsp3) is 0.111. The van der Waals surface area contributed by atoms with Gasteiger partial charge in [0, 0.05) is 6.54 Å². The van der Waals surface area contributed by atoms with Crippen LogP contribution in [-0.2, 0) is 6.54 Å². The second kappa shape index (κ2) is 4.52. The first-order valence-electron chi connectivity index (χ1n) is 4.11. The van der Waals surface area contributed by atoms with Crippen LogP contribution in [-0.4, -0.2) is 10.2 Å². The van der Waals surface area contributed by atoms with Crippen molar-refractivity contribution < 1.29 is 0 Å². The molecule has 0 aliphatic rings. The third-order valence-corrected chi connectivity index (χ3v) is 3.00. The molecule has 0 unspecified atom stereocenters. The van der Waals surface area contributed by atoms with Gasteiger partial charge in [-0.2, -0.15) is 0 Å². The Hall–Kier alpha value is -0.940. The van der Waals surface area contributed by atoms with Crippen LogP contribution in [0.1, 0.15) is 5.56 Å². The van der Waals surface area contributed by atoms with E-state index in [0.717, 1.165) is 15.6 Å². The Kier molecular flexibility index (Phi) is 3.10. The number of anilines is 1. The Morgan fingerprint density at radius 2 is 2.00 bits per heavy atom. The van der Waals surface area contributed by atoms with Crippen LogP contribution in [0.2, 0.25) is 0 Å². The van der Waals surface area contributed by atoms with Crippen molar-refractivity contribution in [1.29, 1.82) is 0 Å². The number of halogens is 1. The Morgan fingerprint density at radius 1 is 1.21 bits per heavy atom. The quantitative estimate of drug-likeness (QED) is 0.931. The van der Waals surface area contributed by atoms with Gasteiger partial charge in [-0.1, -0.05) is 41.7 Å². The molecule has 0 bridgehead atoms. The van der Waals surface area contributed by atoms with E-state index in [9.17, 15) is 0 Å². The van der Waals surface area contributed by atoms with Crippen molar-refractivity contribution in [2.75, 3.05) is 5.32 Å². The van der Waals surface area contributed by atoms with Crippen LogP contribution < -0.4 is 5.32 Å². The lowest BCUT2D eigenvalue weighted by Crippen LogP contribution is -1.98. The van der Waals surface area contributed by atoms with Gasteiger partial charge in [-0.05, 0) is 21.5 Å². The van der Waals surface area contributed by atoms with Crippen molar-refractivity contribution in [1.82, 2.24) is 10.2 Å². The van der Waals surface area contributed by atoms with E-state index in [-0.39, 0.29) is 0 Å². The maximum Gasteiger partial charge on any atom is 0.206 e. The molecule has 1 aromatic heterocycles. The summed E-state index contributed by atoms with van der Waals surface area (Å²) in [6.45, 7) is 0.780. The number of rotatable bonds is 3. The van der Waals surface area contributed by atoms with Crippen molar-refractivity contribution in [3.8, 4) is 0 Å². The molecule has 1 heterocycles. The minimum Gasteiger partial charge on any atom is -0.356 e. The van der Waals surface area contributed by atoms with Gasteiger partial charge >= 0.3 is 0 Å². The molecule has 5 heteroatoms. The van der Waals surface area contributed by atoms with E-state index >= 15 is 0 Å². The van der Waals surface area contributed by atoms with Gasteiger partial charge in [-0.15, -0.1) is 10.2 Å². The maximum atomic E-state index is 3.94. The zero-order valence-corrected chi connectivity index (χ0v) is 9.68. The highest BCUT2D eigenvalue weighted by Gasteiger charge is 1.99. The van der Waals surface area contributed by atoms with E-state index in [2.05, 4.69) is 43.6 Å². The Bertz CT molecular complexity index is 401. The standard InChI is InChI=1S/C9H8BrN3S/c10-8-12-13-9(14-8)11-6-7-4-2-1-3-5-7/h1-5H,6H2,(H,11,13). The average molecular weight is 270 g/mol. The molecular weight excluding hydrogens is 262 g/mol. The van der Waals surface area contributed by atoms with Gasteiger partial charge in [0.2, 0.25) is 5.13 Å². The van der Waals surface area contributed by atoms with Gasteiger partial charge < -0.3 is 5.32 Å². The maximum absolute atomic E-state index is 3.94. The first kappa shape index (κ1) is 9.61. The minimum absolute atomic E-state index is 0.780. The topological polar surface area (TPSA) is 37.8 Å². The van der Waals surface area contributed by atoms with Crippen LogP contribution in [0.15, 0.2) is 34.2 Å². The predicted octanol–water partition coefficient (Wildman–Crippen LogP) is 2.91. The van der Waals surface area contributed by atoms with Crippen molar-refractivity contribution >= 4 is 32.4 Å². The summed E-state index contributed by atoms with van der Waals surface area (Å²) >= 11 is 4.75. The monoisotopic (exact) mass is 269 g/mol. The summed E-state index contributed by atoms with van der Waals surface area (Å²) in [5, 5.41) is 11.8. The number of hydrogen-bond acceptors (Lipinski definition) is 4. The van der Waals surface area contributed by atoms with Crippen LogP contribution in [0.4, 0.5) is 5.13 Å². The summed E-state index contributed by atoms with van der Waals surface area (Å²) in [5.74, 6) is 0. The zero-order chi connectivity index (χ0) is 9.80. The molecule has 0 aliphatic heterocycles. The predicted molar refractivity (Wildman–Crippen MR) is 61.4 cm³/mol. The molecule has 2 rings (SSSR count). The first-order valence-corrected chi connectivity index (χ1v) is 5.72. The molecule has 1 aromatic carbocycles. The molecule has 0 aliphatic carbocycles. The smallest absolute Gasteiger partial charge is 0.206 e. The molecular formula is C9H8BrN3S. The molecule has 1 N–H and O–H groups in total. The van der Waals surface area contributed by atoms with E-state index in [4.69, 9.17) is 0 Å². The van der Waals surface area contributed by atoms with Crippen LogP contribution in [0.5, 0.6) is 0 Å². The van der Waals surface area contributed by atoms with Gasteiger partial charge in [0.1, 0.15) is 0 Å². The van der Waals surface area contributed by atoms with Gasteiger partial charge in [-0.25, -0.2) is 0 Å². The third kappa shape index (κ3) is 2.52. The fourth-order valence-corrected chi connectivity index (χ4v) is 2.06. The van der Waals surface area contributed by atoms with Gasteiger partial charge in [0.25, 0.3) is 0 Å². The van der Waals surface area contributed by atoms with Crippen molar-refractivity contribution in [2.24, 2.45) is 0 Å². The van der Waals surface area contributed by atoms with E-state index in [1.165, 1.54) is 16.9 Å². The first-order chi connectivity index (χ1) is 6.84. The van der Waals surface area contributed by atoms with Gasteiger partial charge in [-0.3, -0.25) is 0 Å². The van der Waals surface area contributed by atoms with Crippen LogP contribution in [0.3, 0.4) is 0 Å². The molecule has 3 nitrogen and oxygen atoms in total. The number of hydrogen-bond donors (Lipinski definition) is 1. The Labute approximate surface area is 94.3 Å². The average Bonchev–Trinajstić information content (AvgIpc) is 2.63. The Morgan fingerprint density at radius 3 is 2.64 bits per heavy atom. The molecule has 0 amide bonds. The van der Waals surface area contributed by atoms with Crippen LogP contribution >= 0.6 is 27.3 Å². The molecule has 0 atom stereocenters. The summed E-state index contributed by atoms with van der Waals surface area (Å²) in [7, 11) is 0. The zero-order valence-electron chi connectivity index (χ0n) is 7.27. The number of nitrogens with one attached hydrogen (secondary N) is 1. The number of benzene rings is 1. The van der Waals surface area contributed by atoms with Gasteiger partial charge in [0.05, 0.1) is 0 Å². The van der Waals surface area contributed by atoms with E-state index in [0.29, 0.717) is 0 Å². The fourth-order valence-electron chi connectivity index (χ4n) is 1.05. The third-order valence-electron chi connectivity index (χ3n) is 1.69. The lowest BCUT2D eigenvalue weighted by molar-refractivity contribution is 1.04. The molecule has 14 heavy (non-hydrogen) atoms. The second-order valence-corrected chi connectivity index (χ2v) is 4.95. The number of aromatic nitrogens is 2. The highest BCUT2D eigenvalue weighted by molar-refractivity contribution is 9.11. The lowest BCUT2D eigenvalue weighted by atomic mass is 10.2. The minimum atomic E-state index is 0.780. The second-order valence-electron chi connectivity index (χ2n) is 2.70. The molecule has 0 radical (unpaired) electrons. The van der Waals surface area contributed by atoms with E-state index in [1.807, 2.05) is 18.2 Å². The summed E-state index contributed by atoms with van der Waals surface area (Å²) in [6.07, 6.45) is 0. The van der Waals surface area contributed by atoms with E-state index in [1.54, 1.807) is 0 Å². The van der Waals surface area contributed by atoms with Crippen molar-refractivity contribution in [3.63, 3.8) is 0 Å². The Balaban J connectivity index is 1.95. The lowest BCUT2D eigenvalue weighted by Gasteiger charge is -2.00. The van der Waals surface area contributed by atoms with Crippen molar-refractivity contribution in [3.05, 3.63) is 39.8 Å². The van der Waals surface area contributed by atoms with Crippen molar-refractivity contribution in [2.45, 2.75) is 6.54 Å². The normalized spacial score (nSPS) is 10.1. The molecule has 0 fully saturated rings. The molecule has 72 valence electrons. The summed E-state index contributed by atoms with van der Waals surface area (Å²) in [6, 6.07) is 10.2.